The first-order valence-electron chi connectivity index (χ1n) is 13.5. The van der Waals surface area contributed by atoms with E-state index in [1.165, 1.54) is 0 Å². The minimum absolute atomic E-state index is 0.0411. The molecule has 43 heavy (non-hydrogen) atoms. The molecule has 0 aliphatic rings. The first kappa shape index (κ1) is 31.5. The molecule has 6 rings (SSSR count). The van der Waals surface area contributed by atoms with Gasteiger partial charge in [0.1, 0.15) is 0 Å². The molecule has 0 atom stereocenters. The number of carbonyl (C=O) groups is 1. The molecule has 0 radical (unpaired) electrons. The molecule has 4 aromatic carbocycles. The summed E-state index contributed by atoms with van der Waals surface area (Å²) in [6, 6.07) is 39.0. The molecule has 0 bridgehead atoms. The van der Waals surface area contributed by atoms with Gasteiger partial charge in [0.15, 0.2) is 11.9 Å². The van der Waals surface area contributed by atoms with Crippen LogP contribution in [0.1, 0.15) is 22.8 Å². The lowest BCUT2D eigenvalue weighted by atomic mass is 10.2. The van der Waals surface area contributed by atoms with Gasteiger partial charge in [-0.1, -0.05) is 103 Å². The summed E-state index contributed by atoms with van der Waals surface area (Å²) in [4.78, 5) is 24.7. The average molecular weight is 570 g/mol. The Morgan fingerprint density at radius 1 is 0.651 bits per heavy atom. The van der Waals surface area contributed by atoms with Crippen molar-refractivity contribution in [2.24, 2.45) is 0 Å². The third kappa shape index (κ3) is 11.1. The third-order valence-electron chi connectivity index (χ3n) is 5.67. The summed E-state index contributed by atoms with van der Waals surface area (Å²) < 4.78 is 0. The molecule has 2 aromatic heterocycles. The van der Waals surface area contributed by atoms with Gasteiger partial charge in [0.05, 0.1) is 23.8 Å². The second kappa shape index (κ2) is 17.6. The maximum Gasteiger partial charge on any atom is 0.251 e. The van der Waals surface area contributed by atoms with Crippen LogP contribution in [0.2, 0.25) is 0 Å². The van der Waals surface area contributed by atoms with E-state index >= 15 is 0 Å². The third-order valence-corrected chi connectivity index (χ3v) is 5.67. The van der Waals surface area contributed by atoms with E-state index < -0.39 is 0 Å². The van der Waals surface area contributed by atoms with Gasteiger partial charge in [-0.05, 0) is 42.3 Å². The summed E-state index contributed by atoms with van der Waals surface area (Å²) in [5, 5.41) is 2.54. The lowest BCUT2D eigenvalue weighted by Gasteiger charge is -1.96. The molecule has 1 amide bonds. The Balaban J connectivity index is 0.000000158. The van der Waals surface area contributed by atoms with Crippen molar-refractivity contribution in [2.75, 3.05) is 18.5 Å². The fraction of sp³-hybridized carbons (Fsp3) is 0.0571. The fourth-order valence-corrected chi connectivity index (χ4v) is 3.60. The molecular formula is C35H35N7O. The largest absolute Gasteiger partial charge is 0.369 e. The Kier molecular flexibility index (Phi) is 12.9. The van der Waals surface area contributed by atoms with Crippen LogP contribution in [-0.4, -0.2) is 32.9 Å². The molecule has 6 aromatic rings. The highest BCUT2D eigenvalue weighted by molar-refractivity contribution is 5.93. The highest BCUT2D eigenvalue weighted by Gasteiger charge is 1.99. The van der Waals surface area contributed by atoms with E-state index in [1.54, 1.807) is 31.6 Å². The van der Waals surface area contributed by atoms with Crippen LogP contribution in [0.4, 0.5) is 11.9 Å². The molecule has 0 aliphatic carbocycles. The molecule has 8 nitrogen and oxygen atoms in total. The number of carbonyl (C=O) groups excluding carboxylic acids is 1. The van der Waals surface area contributed by atoms with Crippen LogP contribution in [0.5, 0.6) is 0 Å². The van der Waals surface area contributed by atoms with Gasteiger partial charge in [0, 0.05) is 18.2 Å². The smallest absolute Gasteiger partial charge is 0.251 e. The fourth-order valence-electron chi connectivity index (χ4n) is 3.60. The molecule has 0 unspecified atom stereocenters. The zero-order valence-electron chi connectivity index (χ0n) is 24.2. The zero-order chi connectivity index (χ0) is 30.7. The van der Waals surface area contributed by atoms with Crippen molar-refractivity contribution in [2.45, 2.75) is 6.92 Å². The number of anilines is 2. The molecule has 0 fully saturated rings. The molecule has 0 saturated carbocycles. The number of rotatable bonds is 3. The Bertz CT molecular complexity index is 1610. The number of nitrogens with zero attached hydrogens (tertiary/aromatic N) is 2. The number of imidazole rings is 2. The van der Waals surface area contributed by atoms with Gasteiger partial charge >= 0.3 is 0 Å². The van der Waals surface area contributed by atoms with Crippen LogP contribution in [-0.2, 0) is 0 Å². The number of amides is 1. The standard InChI is InChI=1S/2C9H9N3.C9H8.C8H9NO/c2*10-9-11-6-8(12-9)7-4-2-1-3-5-7;1-2-6-9-7-4-3-5-8-9;1-9-8(10)7-5-3-2-4-6-7/h2*1-6H,(H3,10,11,12);3-5,7-8H,1H3;2-6H,1H3,(H,9,10). The van der Waals surface area contributed by atoms with Crippen LogP contribution in [0.3, 0.4) is 0 Å². The van der Waals surface area contributed by atoms with E-state index in [2.05, 4.69) is 37.1 Å². The monoisotopic (exact) mass is 569 g/mol. The second-order valence-corrected chi connectivity index (χ2v) is 8.78. The molecular weight excluding hydrogens is 534 g/mol. The van der Waals surface area contributed by atoms with Gasteiger partial charge in [0.25, 0.3) is 5.91 Å². The van der Waals surface area contributed by atoms with Crippen molar-refractivity contribution in [1.29, 1.82) is 0 Å². The molecule has 0 spiro atoms. The van der Waals surface area contributed by atoms with Crippen LogP contribution in [0, 0.1) is 11.8 Å². The number of H-pyrrole nitrogens is 2. The van der Waals surface area contributed by atoms with Gasteiger partial charge in [-0.3, -0.25) is 4.79 Å². The van der Waals surface area contributed by atoms with Crippen molar-refractivity contribution in [3.63, 3.8) is 0 Å². The quantitative estimate of drug-likeness (QED) is 0.157. The van der Waals surface area contributed by atoms with E-state index in [0.29, 0.717) is 17.5 Å². The minimum Gasteiger partial charge on any atom is -0.369 e. The molecule has 216 valence electrons. The number of benzene rings is 4. The van der Waals surface area contributed by atoms with Crippen LogP contribution in [0.25, 0.3) is 22.5 Å². The SMILES string of the molecule is CC#Cc1ccccc1.CNC(=O)c1ccccc1.Nc1ncc(-c2ccccc2)[nH]1.Nc1ncc(-c2ccccc2)[nH]1. The van der Waals surface area contributed by atoms with E-state index in [9.17, 15) is 4.79 Å². The van der Waals surface area contributed by atoms with E-state index in [1.807, 2.05) is 116 Å². The predicted octanol–water partition coefficient (Wildman–Crippen LogP) is 6.42. The van der Waals surface area contributed by atoms with Crippen molar-refractivity contribution in [1.82, 2.24) is 25.3 Å². The maximum atomic E-state index is 10.9. The highest BCUT2D eigenvalue weighted by atomic mass is 16.1. The van der Waals surface area contributed by atoms with Crippen LogP contribution < -0.4 is 16.8 Å². The summed E-state index contributed by atoms with van der Waals surface area (Å²) >= 11 is 0. The number of nitrogens with one attached hydrogen (secondary N) is 3. The summed E-state index contributed by atoms with van der Waals surface area (Å²) in [5.74, 6) is 6.66. The number of nitrogens with two attached hydrogens (primary N) is 2. The molecule has 7 N–H and O–H groups in total. The summed E-state index contributed by atoms with van der Waals surface area (Å²) in [5.41, 5.74) is 16.8. The van der Waals surface area contributed by atoms with Gasteiger partial charge in [-0.15, -0.1) is 5.92 Å². The number of aromatic amines is 2. The number of hydrogen-bond acceptors (Lipinski definition) is 5. The van der Waals surface area contributed by atoms with Crippen molar-refractivity contribution < 1.29 is 4.79 Å². The Morgan fingerprint density at radius 3 is 1.40 bits per heavy atom. The second-order valence-electron chi connectivity index (χ2n) is 8.78. The molecule has 0 saturated heterocycles. The summed E-state index contributed by atoms with van der Waals surface area (Å²) in [7, 11) is 1.62. The Labute approximate surface area is 252 Å². The van der Waals surface area contributed by atoms with Gasteiger partial charge < -0.3 is 26.8 Å². The van der Waals surface area contributed by atoms with Gasteiger partial charge in [0.2, 0.25) is 0 Å². The molecule has 8 heteroatoms. The number of nitrogen functional groups attached to an aromatic ring is 2. The highest BCUT2D eigenvalue weighted by Crippen LogP contribution is 2.17. The number of aromatic nitrogens is 4. The summed E-state index contributed by atoms with van der Waals surface area (Å²) in [6.45, 7) is 1.84. The van der Waals surface area contributed by atoms with Gasteiger partial charge in [-0.2, -0.15) is 0 Å². The van der Waals surface area contributed by atoms with Crippen molar-refractivity contribution >= 4 is 17.8 Å². The molecule has 2 heterocycles. The van der Waals surface area contributed by atoms with Crippen molar-refractivity contribution in [3.05, 3.63) is 145 Å². The van der Waals surface area contributed by atoms with E-state index in [-0.39, 0.29) is 5.91 Å². The average Bonchev–Trinajstić information content (AvgIpc) is 3.72. The lowest BCUT2D eigenvalue weighted by molar-refractivity contribution is 0.0963. The molecule has 0 aliphatic heterocycles. The Hall–Kier alpha value is -6.07. The first-order chi connectivity index (χ1) is 21.0. The van der Waals surface area contributed by atoms with Gasteiger partial charge in [-0.25, -0.2) is 9.97 Å². The lowest BCUT2D eigenvalue weighted by Crippen LogP contribution is -2.17. The van der Waals surface area contributed by atoms with Crippen LogP contribution in [0.15, 0.2) is 134 Å². The maximum absolute atomic E-state index is 10.9. The topological polar surface area (TPSA) is 138 Å². The zero-order valence-corrected chi connectivity index (χ0v) is 24.2. The van der Waals surface area contributed by atoms with Crippen LogP contribution >= 0.6 is 0 Å². The first-order valence-corrected chi connectivity index (χ1v) is 13.5. The van der Waals surface area contributed by atoms with E-state index in [0.717, 1.165) is 28.1 Å². The minimum atomic E-state index is -0.0411. The van der Waals surface area contributed by atoms with Crippen molar-refractivity contribution in [3.8, 4) is 34.4 Å². The Morgan fingerprint density at radius 2 is 1.05 bits per heavy atom. The predicted molar refractivity (Wildman–Crippen MR) is 176 cm³/mol. The normalized spacial score (nSPS) is 9.26. The summed E-state index contributed by atoms with van der Waals surface area (Å²) in [6.07, 6.45) is 3.45. The number of hydrogen-bond donors (Lipinski definition) is 5. The van der Waals surface area contributed by atoms with E-state index in [4.69, 9.17) is 11.5 Å².